The largest absolute Gasteiger partial charge is 0.382 e. The smallest absolute Gasteiger partial charge is 0.319 e. The number of nitrogens with zero attached hydrogens (tertiary/aromatic N) is 6. The Morgan fingerprint density at radius 2 is 1.68 bits per heavy atom. The Morgan fingerprint density at radius 3 is 2.30 bits per heavy atom. The number of hydrogen-bond donors (Lipinski definition) is 2. The van der Waals surface area contributed by atoms with Crippen molar-refractivity contribution in [3.8, 4) is 16.8 Å². The molecule has 1 fully saturated rings. The van der Waals surface area contributed by atoms with Gasteiger partial charge in [-0.3, -0.25) is 19.1 Å². The van der Waals surface area contributed by atoms with Crippen molar-refractivity contribution in [3.05, 3.63) is 106 Å². The van der Waals surface area contributed by atoms with E-state index >= 15 is 0 Å². The first-order chi connectivity index (χ1) is 21.2. The number of nitrogens with one attached hydrogen (secondary N) is 1. The molecule has 5 rings (SSSR count). The third-order valence-electron chi connectivity index (χ3n) is 7.87. The zero-order valence-corrected chi connectivity index (χ0v) is 25.1. The molecule has 0 unspecified atom stereocenters. The van der Waals surface area contributed by atoms with E-state index in [0.717, 1.165) is 29.7 Å². The number of likely N-dealkylation sites (tertiary alicyclic amines) is 1. The molecule has 1 aliphatic heterocycles. The number of carbonyl (C=O) groups is 2. The average molecular weight is 593 g/mol. The van der Waals surface area contributed by atoms with Crippen molar-refractivity contribution in [2.24, 2.45) is 15.8 Å². The van der Waals surface area contributed by atoms with E-state index in [1.54, 1.807) is 55.1 Å². The number of aromatic nitrogens is 2. The van der Waals surface area contributed by atoms with Crippen LogP contribution in [-0.4, -0.2) is 77.8 Å². The number of urea groups is 1. The maximum Gasteiger partial charge on any atom is 0.319 e. The monoisotopic (exact) mass is 592 g/mol. The fourth-order valence-corrected chi connectivity index (χ4v) is 5.58. The van der Waals surface area contributed by atoms with E-state index < -0.39 is 11.5 Å². The first kappa shape index (κ1) is 30.0. The molecular formula is C33H36N8O3. The van der Waals surface area contributed by atoms with Crippen LogP contribution in [0.15, 0.2) is 93.9 Å². The van der Waals surface area contributed by atoms with Crippen molar-refractivity contribution in [2.75, 3.05) is 39.5 Å². The fraction of sp³-hybridized carbons (Fsp3) is 0.242. The molecule has 11 heteroatoms. The summed E-state index contributed by atoms with van der Waals surface area (Å²) in [6, 6.07) is 21.7. The highest BCUT2D eigenvalue weighted by Crippen LogP contribution is 2.36. The van der Waals surface area contributed by atoms with Crippen LogP contribution in [0, 0.1) is 0 Å². The van der Waals surface area contributed by atoms with Crippen molar-refractivity contribution in [1.29, 1.82) is 0 Å². The van der Waals surface area contributed by atoms with Gasteiger partial charge in [-0.1, -0.05) is 30.3 Å². The van der Waals surface area contributed by atoms with Crippen LogP contribution in [0.1, 0.15) is 40.5 Å². The SMILES string of the molecule is C=Nn1c(C2CCN(C(=O)N(C)C)CC2)cc(-c2ccc(NC(=O)c3cccn(-c4ccccc4)c3=O)cc2)c1/C(N)=N\C. The standard InChI is InChI=1S/C33H36N8O3/c1-35-30(34)29-27(21-28(41(29)36-2)23-16-19-39(20-17-23)33(44)38(3)4)22-12-14-24(15-13-22)37-31(42)26-11-8-18-40(32(26)43)25-9-6-5-7-10-25/h5-15,18,21,23H,2,16-17,19-20H2,1,3-4H3,(H2,34,35)(H,37,42). The van der Waals surface area contributed by atoms with Crippen molar-refractivity contribution < 1.29 is 9.59 Å². The van der Waals surface area contributed by atoms with Crippen LogP contribution < -0.4 is 16.6 Å². The van der Waals surface area contributed by atoms with E-state index in [9.17, 15) is 14.4 Å². The molecule has 2 aromatic heterocycles. The number of para-hydroxylation sites is 1. The number of anilines is 1. The summed E-state index contributed by atoms with van der Waals surface area (Å²) in [5.41, 5.74) is 10.5. The molecule has 0 atom stereocenters. The molecule has 226 valence electrons. The summed E-state index contributed by atoms with van der Waals surface area (Å²) >= 11 is 0. The molecule has 11 nitrogen and oxygen atoms in total. The number of hydrogen-bond acceptors (Lipinski definition) is 5. The third kappa shape index (κ3) is 5.89. The van der Waals surface area contributed by atoms with Crippen LogP contribution >= 0.6 is 0 Å². The highest BCUT2D eigenvalue weighted by Gasteiger charge is 2.29. The topological polar surface area (TPSA) is 130 Å². The van der Waals surface area contributed by atoms with Gasteiger partial charge < -0.3 is 20.9 Å². The summed E-state index contributed by atoms with van der Waals surface area (Å²) in [4.78, 5) is 46.3. The Morgan fingerprint density at radius 1 is 1.00 bits per heavy atom. The molecule has 1 saturated heterocycles. The van der Waals surface area contributed by atoms with E-state index in [0.29, 0.717) is 36.0 Å². The molecule has 4 aromatic rings. The quantitative estimate of drug-likeness (QED) is 0.246. The minimum absolute atomic E-state index is 0.00530. The number of amidine groups is 1. The van der Waals surface area contributed by atoms with E-state index in [4.69, 9.17) is 5.73 Å². The molecule has 2 aromatic carbocycles. The lowest BCUT2D eigenvalue weighted by atomic mass is 9.93. The van der Waals surface area contributed by atoms with Crippen molar-refractivity contribution >= 4 is 30.2 Å². The molecule has 44 heavy (non-hydrogen) atoms. The molecular weight excluding hydrogens is 556 g/mol. The van der Waals surface area contributed by atoms with E-state index in [2.05, 4.69) is 28.2 Å². The zero-order valence-electron chi connectivity index (χ0n) is 25.1. The number of aliphatic imine (C=N–C) groups is 1. The first-order valence-electron chi connectivity index (χ1n) is 14.3. The van der Waals surface area contributed by atoms with Gasteiger partial charge in [0.2, 0.25) is 0 Å². The summed E-state index contributed by atoms with van der Waals surface area (Å²) in [6.07, 6.45) is 3.19. The van der Waals surface area contributed by atoms with Gasteiger partial charge in [0.15, 0.2) is 0 Å². The van der Waals surface area contributed by atoms with Crippen LogP contribution in [0.4, 0.5) is 10.5 Å². The van der Waals surface area contributed by atoms with Gasteiger partial charge in [-0.25, -0.2) is 9.47 Å². The van der Waals surface area contributed by atoms with Crippen molar-refractivity contribution in [1.82, 2.24) is 19.0 Å². The van der Waals surface area contributed by atoms with Crippen LogP contribution in [0.3, 0.4) is 0 Å². The third-order valence-corrected chi connectivity index (χ3v) is 7.87. The molecule has 3 heterocycles. The highest BCUT2D eigenvalue weighted by atomic mass is 16.2. The maximum atomic E-state index is 13.1. The lowest BCUT2D eigenvalue weighted by molar-refractivity contribution is 0.102. The normalized spacial score (nSPS) is 13.9. The fourth-order valence-electron chi connectivity index (χ4n) is 5.58. The summed E-state index contributed by atoms with van der Waals surface area (Å²) in [7, 11) is 5.14. The predicted octanol–water partition coefficient (Wildman–Crippen LogP) is 4.22. The Bertz CT molecular complexity index is 1760. The minimum atomic E-state index is -0.500. The number of piperidine rings is 1. The van der Waals surface area contributed by atoms with Gasteiger partial charge >= 0.3 is 6.03 Å². The molecule has 0 radical (unpaired) electrons. The molecule has 1 aliphatic rings. The number of rotatable bonds is 7. The van der Waals surface area contributed by atoms with Crippen LogP contribution in [-0.2, 0) is 0 Å². The lowest BCUT2D eigenvalue weighted by Crippen LogP contribution is -2.43. The van der Waals surface area contributed by atoms with E-state index in [1.807, 2.05) is 47.4 Å². The summed E-state index contributed by atoms with van der Waals surface area (Å²) in [5, 5.41) is 7.13. The van der Waals surface area contributed by atoms with Gasteiger partial charge in [0.1, 0.15) is 17.1 Å². The number of carbonyl (C=O) groups excluding carboxylic acids is 2. The van der Waals surface area contributed by atoms with Gasteiger partial charge in [-0.2, -0.15) is 5.10 Å². The first-order valence-corrected chi connectivity index (χ1v) is 14.3. The molecule has 3 amide bonds. The van der Waals surface area contributed by atoms with Crippen LogP contribution in [0.25, 0.3) is 16.8 Å². The summed E-state index contributed by atoms with van der Waals surface area (Å²) in [5.74, 6) is -0.0391. The van der Waals surface area contributed by atoms with Crippen LogP contribution in [0.5, 0.6) is 0 Å². The Kier molecular flexibility index (Phi) is 8.75. The molecule has 3 N–H and O–H groups in total. The van der Waals surface area contributed by atoms with E-state index in [1.165, 1.54) is 10.6 Å². The maximum absolute atomic E-state index is 13.1. The number of benzene rings is 2. The molecule has 0 saturated carbocycles. The van der Waals surface area contributed by atoms with Gasteiger partial charge in [0, 0.05) is 75.7 Å². The average Bonchev–Trinajstić information content (AvgIpc) is 3.44. The van der Waals surface area contributed by atoms with Gasteiger partial charge in [0.05, 0.1) is 0 Å². The molecule has 0 spiro atoms. The zero-order chi connectivity index (χ0) is 31.4. The van der Waals surface area contributed by atoms with Gasteiger partial charge in [-0.05, 0) is 60.9 Å². The lowest BCUT2D eigenvalue weighted by Gasteiger charge is -2.33. The highest BCUT2D eigenvalue weighted by molar-refractivity contribution is 6.05. The second-order valence-corrected chi connectivity index (χ2v) is 10.8. The van der Waals surface area contributed by atoms with Gasteiger partial charge in [0.25, 0.3) is 11.5 Å². The second kappa shape index (κ2) is 12.8. The van der Waals surface area contributed by atoms with Gasteiger partial charge in [-0.15, -0.1) is 0 Å². The summed E-state index contributed by atoms with van der Waals surface area (Å²) in [6.45, 7) is 5.08. The number of pyridine rings is 1. The van der Waals surface area contributed by atoms with Crippen LogP contribution in [0.2, 0.25) is 0 Å². The van der Waals surface area contributed by atoms with Crippen molar-refractivity contribution in [3.63, 3.8) is 0 Å². The summed E-state index contributed by atoms with van der Waals surface area (Å²) < 4.78 is 3.19. The number of nitrogens with two attached hydrogens (primary N) is 1. The Hall–Kier alpha value is -5.45. The number of amides is 3. The van der Waals surface area contributed by atoms with E-state index in [-0.39, 0.29) is 17.5 Å². The minimum Gasteiger partial charge on any atom is -0.382 e. The molecule has 0 bridgehead atoms. The predicted molar refractivity (Wildman–Crippen MR) is 174 cm³/mol. The van der Waals surface area contributed by atoms with Crippen molar-refractivity contribution in [2.45, 2.75) is 18.8 Å². The Balaban J connectivity index is 1.40. The molecule has 0 aliphatic carbocycles. The Labute approximate surface area is 255 Å². The second-order valence-electron chi connectivity index (χ2n) is 10.8.